The predicted molar refractivity (Wildman–Crippen MR) is 73.0 cm³/mol. The first-order valence-electron chi connectivity index (χ1n) is 6.32. The Labute approximate surface area is 117 Å². The van der Waals surface area contributed by atoms with E-state index >= 15 is 0 Å². The summed E-state index contributed by atoms with van der Waals surface area (Å²) in [7, 11) is 1.37. The third-order valence-electron chi connectivity index (χ3n) is 3.23. The Morgan fingerprint density at radius 3 is 2.55 bits per heavy atom. The van der Waals surface area contributed by atoms with Gasteiger partial charge in [0.25, 0.3) is 5.91 Å². The molecule has 110 valence electrons. The zero-order valence-electron chi connectivity index (χ0n) is 11.7. The number of hydrogen-bond donors (Lipinski definition) is 3. The normalized spacial score (nSPS) is 13.3. The van der Waals surface area contributed by atoms with Crippen molar-refractivity contribution in [3.05, 3.63) is 23.8 Å². The summed E-state index contributed by atoms with van der Waals surface area (Å²) < 4.78 is 4.91. The molecular weight excluding hydrogens is 262 g/mol. The lowest BCUT2D eigenvalue weighted by Gasteiger charge is -2.20. The van der Waals surface area contributed by atoms with Gasteiger partial charge in [0.2, 0.25) is 0 Å². The summed E-state index contributed by atoms with van der Waals surface area (Å²) in [5.74, 6) is -2.11. The van der Waals surface area contributed by atoms with Crippen LogP contribution >= 0.6 is 0 Å². The van der Waals surface area contributed by atoms with Gasteiger partial charge in [-0.1, -0.05) is 26.3 Å². The van der Waals surface area contributed by atoms with E-state index in [-0.39, 0.29) is 23.0 Å². The molecule has 0 aromatic heterocycles. The van der Waals surface area contributed by atoms with Gasteiger partial charge in [0.15, 0.2) is 11.5 Å². The molecule has 6 nitrogen and oxygen atoms in total. The SMILES string of the molecule is CCC(C)[C@H](NC(=O)c1cccc(OC)c1O)C(=O)O. The van der Waals surface area contributed by atoms with Crippen molar-refractivity contribution in [3.8, 4) is 11.5 Å². The van der Waals surface area contributed by atoms with Crippen molar-refractivity contribution in [3.63, 3.8) is 0 Å². The number of ether oxygens (including phenoxy) is 1. The van der Waals surface area contributed by atoms with E-state index in [1.165, 1.54) is 19.2 Å². The molecule has 1 unspecified atom stereocenters. The van der Waals surface area contributed by atoms with Gasteiger partial charge in [-0.15, -0.1) is 0 Å². The number of phenolic OH excluding ortho intramolecular Hbond substituents is 1. The first-order valence-corrected chi connectivity index (χ1v) is 6.32. The van der Waals surface area contributed by atoms with Crippen molar-refractivity contribution in [1.82, 2.24) is 5.32 Å². The van der Waals surface area contributed by atoms with Gasteiger partial charge in [-0.25, -0.2) is 4.79 Å². The molecule has 0 aliphatic carbocycles. The molecule has 1 aromatic rings. The number of aromatic hydroxyl groups is 1. The Hall–Kier alpha value is -2.24. The van der Waals surface area contributed by atoms with Crippen LogP contribution in [0.1, 0.15) is 30.6 Å². The maximum atomic E-state index is 12.1. The molecule has 0 saturated heterocycles. The summed E-state index contributed by atoms with van der Waals surface area (Å²) in [4.78, 5) is 23.3. The standard InChI is InChI=1S/C14H19NO5/c1-4-8(2)11(14(18)19)15-13(17)9-6-5-7-10(20-3)12(9)16/h5-8,11,16H,4H2,1-3H3,(H,15,17)(H,18,19)/t8?,11-/m0/s1. The fourth-order valence-electron chi connectivity index (χ4n) is 1.77. The van der Waals surface area contributed by atoms with Gasteiger partial charge >= 0.3 is 5.97 Å². The van der Waals surface area contributed by atoms with E-state index in [0.717, 1.165) is 0 Å². The van der Waals surface area contributed by atoms with Crippen molar-refractivity contribution >= 4 is 11.9 Å². The molecule has 20 heavy (non-hydrogen) atoms. The number of nitrogens with one attached hydrogen (secondary N) is 1. The van der Waals surface area contributed by atoms with Gasteiger partial charge < -0.3 is 20.3 Å². The summed E-state index contributed by atoms with van der Waals surface area (Å²) in [6.45, 7) is 3.58. The summed E-state index contributed by atoms with van der Waals surface area (Å²) in [6, 6.07) is 3.46. The molecule has 0 fully saturated rings. The Kier molecular flexibility index (Phi) is 5.37. The highest BCUT2D eigenvalue weighted by molar-refractivity contribution is 5.99. The van der Waals surface area contributed by atoms with E-state index in [1.54, 1.807) is 13.0 Å². The van der Waals surface area contributed by atoms with E-state index < -0.39 is 17.9 Å². The van der Waals surface area contributed by atoms with Crippen molar-refractivity contribution < 1.29 is 24.5 Å². The van der Waals surface area contributed by atoms with Crippen LogP contribution in [0.3, 0.4) is 0 Å². The molecule has 0 aliphatic rings. The Morgan fingerprint density at radius 2 is 2.05 bits per heavy atom. The Bertz CT molecular complexity index is 500. The van der Waals surface area contributed by atoms with Crippen LogP contribution in [0.4, 0.5) is 0 Å². The van der Waals surface area contributed by atoms with Crippen LogP contribution in [0.15, 0.2) is 18.2 Å². The minimum absolute atomic E-state index is 0.0149. The summed E-state index contributed by atoms with van der Waals surface area (Å²) in [6.07, 6.45) is 0.612. The number of phenols is 1. The van der Waals surface area contributed by atoms with Crippen LogP contribution in [0.5, 0.6) is 11.5 Å². The molecule has 1 amide bonds. The van der Waals surface area contributed by atoms with Gasteiger partial charge in [-0.3, -0.25) is 4.79 Å². The van der Waals surface area contributed by atoms with Gasteiger partial charge in [0.1, 0.15) is 6.04 Å². The largest absolute Gasteiger partial charge is 0.504 e. The molecule has 6 heteroatoms. The molecule has 3 N–H and O–H groups in total. The van der Waals surface area contributed by atoms with Crippen LogP contribution in [-0.4, -0.2) is 35.2 Å². The van der Waals surface area contributed by atoms with Gasteiger partial charge in [-0.2, -0.15) is 0 Å². The number of carbonyl (C=O) groups is 2. The lowest BCUT2D eigenvalue weighted by Crippen LogP contribution is -2.45. The minimum Gasteiger partial charge on any atom is -0.504 e. The van der Waals surface area contributed by atoms with Gasteiger partial charge in [0, 0.05) is 0 Å². The quantitative estimate of drug-likeness (QED) is 0.736. The zero-order chi connectivity index (χ0) is 15.3. The second-order valence-electron chi connectivity index (χ2n) is 4.53. The van der Waals surface area contributed by atoms with Gasteiger partial charge in [0.05, 0.1) is 12.7 Å². The van der Waals surface area contributed by atoms with Gasteiger partial charge in [-0.05, 0) is 18.1 Å². The van der Waals surface area contributed by atoms with Crippen molar-refractivity contribution in [2.24, 2.45) is 5.92 Å². The second-order valence-corrected chi connectivity index (χ2v) is 4.53. The highest BCUT2D eigenvalue weighted by atomic mass is 16.5. The molecule has 0 saturated carbocycles. The molecule has 0 aliphatic heterocycles. The number of carboxylic acid groups (broad SMARTS) is 1. The zero-order valence-corrected chi connectivity index (χ0v) is 11.7. The van der Waals surface area contributed by atoms with E-state index in [0.29, 0.717) is 6.42 Å². The van der Waals surface area contributed by atoms with E-state index in [1.807, 2.05) is 6.92 Å². The monoisotopic (exact) mass is 281 g/mol. The van der Waals surface area contributed by atoms with Crippen molar-refractivity contribution in [2.75, 3.05) is 7.11 Å². The first kappa shape index (κ1) is 15.8. The average molecular weight is 281 g/mol. The third-order valence-corrected chi connectivity index (χ3v) is 3.23. The van der Waals surface area contributed by atoms with E-state index in [9.17, 15) is 14.7 Å². The Morgan fingerprint density at radius 1 is 1.40 bits per heavy atom. The number of amides is 1. The molecule has 1 rings (SSSR count). The number of hydrogen-bond acceptors (Lipinski definition) is 4. The fourth-order valence-corrected chi connectivity index (χ4v) is 1.77. The fraction of sp³-hybridized carbons (Fsp3) is 0.429. The van der Waals surface area contributed by atoms with Crippen LogP contribution in [0.25, 0.3) is 0 Å². The molecular formula is C14H19NO5. The topological polar surface area (TPSA) is 95.9 Å². The number of benzene rings is 1. The molecule has 2 atom stereocenters. The molecule has 0 bridgehead atoms. The minimum atomic E-state index is -1.10. The average Bonchev–Trinajstić information content (AvgIpc) is 2.43. The van der Waals surface area contributed by atoms with Crippen molar-refractivity contribution in [1.29, 1.82) is 0 Å². The third kappa shape index (κ3) is 3.40. The molecule has 0 radical (unpaired) electrons. The first-order chi connectivity index (χ1) is 9.42. The van der Waals surface area contributed by atoms with Crippen LogP contribution in [-0.2, 0) is 4.79 Å². The van der Waals surface area contributed by atoms with E-state index in [2.05, 4.69) is 5.32 Å². The lowest BCUT2D eigenvalue weighted by atomic mass is 9.99. The number of methoxy groups -OCH3 is 1. The van der Waals surface area contributed by atoms with Crippen LogP contribution in [0.2, 0.25) is 0 Å². The Balaban J connectivity index is 2.98. The number of carboxylic acids is 1. The predicted octanol–water partition coefficient (Wildman–Crippen LogP) is 1.63. The molecule has 1 aromatic carbocycles. The second kappa shape index (κ2) is 6.79. The number of rotatable bonds is 6. The smallest absolute Gasteiger partial charge is 0.326 e. The van der Waals surface area contributed by atoms with Crippen LogP contribution < -0.4 is 10.1 Å². The maximum absolute atomic E-state index is 12.1. The summed E-state index contributed by atoms with van der Waals surface area (Å²) in [5, 5.41) is 21.4. The highest BCUT2D eigenvalue weighted by Crippen LogP contribution is 2.29. The number of carbonyl (C=O) groups excluding carboxylic acids is 1. The highest BCUT2D eigenvalue weighted by Gasteiger charge is 2.27. The van der Waals surface area contributed by atoms with Crippen LogP contribution in [0, 0.1) is 5.92 Å². The molecule has 0 spiro atoms. The summed E-state index contributed by atoms with van der Waals surface area (Å²) >= 11 is 0. The van der Waals surface area contributed by atoms with Crippen molar-refractivity contribution in [2.45, 2.75) is 26.3 Å². The number of para-hydroxylation sites is 1. The number of aliphatic carboxylic acids is 1. The van der Waals surface area contributed by atoms with E-state index in [4.69, 9.17) is 9.84 Å². The maximum Gasteiger partial charge on any atom is 0.326 e. The molecule has 0 heterocycles. The summed E-state index contributed by atoms with van der Waals surface area (Å²) in [5.41, 5.74) is -0.0149. The lowest BCUT2D eigenvalue weighted by molar-refractivity contribution is -0.140.